The molecule has 7 nitrogen and oxygen atoms in total. The summed E-state index contributed by atoms with van der Waals surface area (Å²) in [6.07, 6.45) is 0.475. The molecular weight excluding hydrogens is 298 g/mol. The second kappa shape index (κ2) is 6.37. The second-order valence-electron chi connectivity index (χ2n) is 5.75. The molecule has 0 saturated carbocycles. The molecule has 1 aromatic carbocycles. The number of anilines is 1. The summed E-state index contributed by atoms with van der Waals surface area (Å²) in [5.41, 5.74) is 2.52. The lowest BCUT2D eigenvalue weighted by Gasteiger charge is -2.17. The number of carbonyl (C=O) groups is 2. The summed E-state index contributed by atoms with van der Waals surface area (Å²) in [7, 11) is 0. The van der Waals surface area contributed by atoms with Crippen LogP contribution in [0.1, 0.15) is 30.1 Å². The predicted molar refractivity (Wildman–Crippen MR) is 84.8 cm³/mol. The van der Waals surface area contributed by atoms with E-state index in [-0.39, 0.29) is 5.91 Å². The summed E-state index contributed by atoms with van der Waals surface area (Å²) in [6.45, 7) is 3.18. The quantitative estimate of drug-likeness (QED) is 0.872. The van der Waals surface area contributed by atoms with Crippen LogP contribution in [0.3, 0.4) is 0 Å². The lowest BCUT2D eigenvalue weighted by Crippen LogP contribution is -2.44. The van der Waals surface area contributed by atoms with Gasteiger partial charge in [0.25, 0.3) is 5.91 Å². The van der Waals surface area contributed by atoms with Crippen LogP contribution in [-0.2, 0) is 9.53 Å². The first-order valence-electron chi connectivity index (χ1n) is 7.61. The minimum atomic E-state index is -1.05. The Morgan fingerprint density at radius 2 is 2.09 bits per heavy atom. The van der Waals surface area contributed by atoms with Gasteiger partial charge in [0.15, 0.2) is 6.10 Å². The monoisotopic (exact) mass is 317 g/mol. The minimum Gasteiger partial charge on any atom is -0.479 e. The van der Waals surface area contributed by atoms with E-state index >= 15 is 0 Å². The number of benzene rings is 1. The van der Waals surface area contributed by atoms with E-state index in [0.29, 0.717) is 18.6 Å². The Kier molecular flexibility index (Phi) is 4.29. The molecular formula is C16H19N3O4. The number of nitrogens with zero attached hydrogens (tertiary/aromatic N) is 2. The zero-order valence-corrected chi connectivity index (χ0v) is 12.9. The van der Waals surface area contributed by atoms with Crippen LogP contribution >= 0.6 is 0 Å². The Balaban J connectivity index is 1.65. The van der Waals surface area contributed by atoms with E-state index in [2.05, 4.69) is 10.4 Å². The molecule has 0 radical (unpaired) electrons. The number of hydrazone groups is 1. The topological polar surface area (TPSA) is 91.2 Å². The number of hydrogen-bond donors (Lipinski definition) is 2. The number of carboxylic acids is 1. The molecule has 7 heteroatoms. The van der Waals surface area contributed by atoms with Gasteiger partial charge < -0.3 is 15.2 Å². The molecule has 0 aliphatic carbocycles. The summed E-state index contributed by atoms with van der Waals surface area (Å²) in [4.78, 5) is 23.3. The molecule has 1 aromatic rings. The maximum atomic E-state index is 12.3. The van der Waals surface area contributed by atoms with Gasteiger partial charge in [0, 0.05) is 30.8 Å². The number of carbonyl (C=O) groups excluding carboxylic acids is 1. The number of amides is 1. The highest BCUT2D eigenvalue weighted by Crippen LogP contribution is 2.20. The number of rotatable bonds is 4. The average molecular weight is 317 g/mol. The van der Waals surface area contributed by atoms with Crippen LogP contribution in [0.5, 0.6) is 0 Å². The van der Waals surface area contributed by atoms with Crippen molar-refractivity contribution in [1.82, 2.24) is 5.32 Å². The average Bonchev–Trinajstić information content (AvgIpc) is 3.16. The molecule has 1 fully saturated rings. The van der Waals surface area contributed by atoms with Gasteiger partial charge in [0.1, 0.15) is 0 Å². The Labute approximate surface area is 133 Å². The third kappa shape index (κ3) is 3.34. The molecule has 122 valence electrons. The van der Waals surface area contributed by atoms with Crippen molar-refractivity contribution >= 4 is 23.3 Å². The van der Waals surface area contributed by atoms with Crippen LogP contribution in [0.25, 0.3) is 0 Å². The Morgan fingerprint density at radius 3 is 2.70 bits per heavy atom. The summed E-state index contributed by atoms with van der Waals surface area (Å²) in [5.74, 6) is -1.34. The van der Waals surface area contributed by atoms with E-state index < -0.39 is 18.1 Å². The van der Waals surface area contributed by atoms with Crippen molar-refractivity contribution in [1.29, 1.82) is 0 Å². The third-order valence-electron chi connectivity index (χ3n) is 4.06. The zero-order valence-electron chi connectivity index (χ0n) is 12.9. The summed E-state index contributed by atoms with van der Waals surface area (Å²) in [6, 6.07) is 6.64. The molecule has 23 heavy (non-hydrogen) atoms. The second-order valence-corrected chi connectivity index (χ2v) is 5.75. The van der Waals surface area contributed by atoms with Crippen molar-refractivity contribution in [3.63, 3.8) is 0 Å². The standard InChI is InChI=1S/C16H19N3O4/c1-10-6-8-19(18-10)12-4-2-11(3-5-12)15(20)17-13-7-9-23-14(13)16(21)22/h2-5,13-14H,6-9H2,1H3,(H,17,20)(H,21,22)/t13-,14+/m1/s1. The molecule has 2 heterocycles. The first-order chi connectivity index (χ1) is 11.0. The number of nitrogens with one attached hydrogen (secondary N) is 1. The predicted octanol–water partition coefficient (Wildman–Crippen LogP) is 1.24. The number of carboxylic acid groups (broad SMARTS) is 1. The van der Waals surface area contributed by atoms with Crippen molar-refractivity contribution in [2.24, 2.45) is 5.10 Å². The fourth-order valence-corrected chi connectivity index (χ4v) is 2.78. The fourth-order valence-electron chi connectivity index (χ4n) is 2.78. The van der Waals surface area contributed by atoms with Crippen LogP contribution in [0.4, 0.5) is 5.69 Å². The van der Waals surface area contributed by atoms with Crippen LogP contribution in [0, 0.1) is 0 Å². The molecule has 0 aromatic heterocycles. The van der Waals surface area contributed by atoms with Crippen LogP contribution in [0.2, 0.25) is 0 Å². The smallest absolute Gasteiger partial charge is 0.334 e. The molecule has 1 saturated heterocycles. The molecule has 1 amide bonds. The van der Waals surface area contributed by atoms with Crippen molar-refractivity contribution in [2.45, 2.75) is 31.9 Å². The van der Waals surface area contributed by atoms with Crippen molar-refractivity contribution in [3.05, 3.63) is 29.8 Å². The van der Waals surface area contributed by atoms with Gasteiger partial charge in [-0.05, 0) is 37.6 Å². The van der Waals surface area contributed by atoms with Crippen LogP contribution in [0.15, 0.2) is 29.4 Å². The third-order valence-corrected chi connectivity index (χ3v) is 4.06. The van der Waals surface area contributed by atoms with E-state index in [4.69, 9.17) is 9.84 Å². The highest BCUT2D eigenvalue weighted by molar-refractivity contribution is 5.95. The van der Waals surface area contributed by atoms with Gasteiger partial charge in [-0.2, -0.15) is 5.10 Å². The van der Waals surface area contributed by atoms with Crippen molar-refractivity contribution in [2.75, 3.05) is 18.2 Å². The number of ether oxygens (including phenoxy) is 1. The summed E-state index contributed by atoms with van der Waals surface area (Å²) >= 11 is 0. The van der Waals surface area contributed by atoms with Gasteiger partial charge >= 0.3 is 5.97 Å². The van der Waals surface area contributed by atoms with Gasteiger partial charge in [-0.1, -0.05) is 0 Å². The number of aliphatic carboxylic acids is 1. The normalized spacial score (nSPS) is 23.7. The molecule has 2 aliphatic heterocycles. The lowest BCUT2D eigenvalue weighted by atomic mass is 10.1. The Hall–Kier alpha value is -2.41. The Bertz CT molecular complexity index is 641. The molecule has 3 rings (SSSR count). The number of hydrogen-bond acceptors (Lipinski definition) is 5. The fraction of sp³-hybridized carbons (Fsp3) is 0.438. The molecule has 0 bridgehead atoms. The van der Waals surface area contributed by atoms with Gasteiger partial charge in [-0.3, -0.25) is 9.80 Å². The minimum absolute atomic E-state index is 0.292. The van der Waals surface area contributed by atoms with Crippen LogP contribution < -0.4 is 10.3 Å². The lowest BCUT2D eigenvalue weighted by molar-refractivity contribution is -0.148. The van der Waals surface area contributed by atoms with Gasteiger partial charge in [0.05, 0.1) is 11.7 Å². The van der Waals surface area contributed by atoms with E-state index in [1.807, 2.05) is 24.1 Å². The van der Waals surface area contributed by atoms with E-state index in [1.54, 1.807) is 12.1 Å². The molecule has 2 aliphatic rings. The largest absolute Gasteiger partial charge is 0.479 e. The first kappa shape index (κ1) is 15.5. The van der Waals surface area contributed by atoms with Crippen LogP contribution in [-0.4, -0.2) is 48.0 Å². The maximum absolute atomic E-state index is 12.3. The summed E-state index contributed by atoms with van der Waals surface area (Å²) in [5, 5.41) is 18.1. The van der Waals surface area contributed by atoms with E-state index in [9.17, 15) is 9.59 Å². The molecule has 2 atom stereocenters. The van der Waals surface area contributed by atoms with Gasteiger partial charge in [0.2, 0.25) is 0 Å². The highest BCUT2D eigenvalue weighted by Gasteiger charge is 2.35. The first-order valence-corrected chi connectivity index (χ1v) is 7.61. The Morgan fingerprint density at radius 1 is 1.35 bits per heavy atom. The highest BCUT2D eigenvalue weighted by atomic mass is 16.5. The van der Waals surface area contributed by atoms with Crippen molar-refractivity contribution < 1.29 is 19.4 Å². The molecule has 0 spiro atoms. The summed E-state index contributed by atoms with van der Waals surface area (Å²) < 4.78 is 5.12. The van der Waals surface area contributed by atoms with E-state index in [1.165, 1.54) is 0 Å². The molecule has 0 unspecified atom stereocenters. The van der Waals surface area contributed by atoms with Gasteiger partial charge in [-0.25, -0.2) is 4.79 Å². The SMILES string of the molecule is CC1=NN(c2ccc(C(=O)N[C@@H]3CCO[C@@H]3C(=O)O)cc2)CC1. The molecule has 2 N–H and O–H groups in total. The maximum Gasteiger partial charge on any atom is 0.334 e. The zero-order chi connectivity index (χ0) is 16.4. The van der Waals surface area contributed by atoms with Crippen molar-refractivity contribution in [3.8, 4) is 0 Å². The van der Waals surface area contributed by atoms with Gasteiger partial charge in [-0.15, -0.1) is 0 Å². The van der Waals surface area contributed by atoms with E-state index in [0.717, 1.165) is 24.4 Å².